The molecule has 22 heavy (non-hydrogen) atoms. The summed E-state index contributed by atoms with van der Waals surface area (Å²) in [5.41, 5.74) is 2.59. The average molecular weight is 296 g/mol. The van der Waals surface area contributed by atoms with Crippen molar-refractivity contribution < 1.29 is 14.7 Å². The topological polar surface area (TPSA) is 79.3 Å². The molecule has 2 N–H and O–H groups in total. The van der Waals surface area contributed by atoms with Gasteiger partial charge in [-0.25, -0.2) is 4.79 Å². The molecular formula is C17H16N2O3. The zero-order valence-electron chi connectivity index (χ0n) is 12.1. The van der Waals surface area contributed by atoms with Gasteiger partial charge in [-0.1, -0.05) is 6.07 Å². The molecule has 112 valence electrons. The number of nitrogens with zero attached hydrogens (tertiary/aromatic N) is 1. The Bertz CT molecular complexity index is 728. The van der Waals surface area contributed by atoms with E-state index < -0.39 is 5.97 Å². The lowest BCUT2D eigenvalue weighted by Gasteiger charge is -2.07. The lowest BCUT2D eigenvalue weighted by molar-refractivity contribution is -0.117. The molecule has 1 heterocycles. The number of carbonyl (C=O) groups excluding carboxylic acids is 1. The summed E-state index contributed by atoms with van der Waals surface area (Å²) in [6.45, 7) is 1.72. The van der Waals surface area contributed by atoms with Gasteiger partial charge in [0.1, 0.15) is 0 Å². The van der Waals surface area contributed by atoms with Crippen LogP contribution < -0.4 is 5.32 Å². The van der Waals surface area contributed by atoms with Gasteiger partial charge < -0.3 is 10.4 Å². The second-order valence-electron chi connectivity index (χ2n) is 5.56. The van der Waals surface area contributed by atoms with Gasteiger partial charge in [-0.05, 0) is 54.7 Å². The van der Waals surface area contributed by atoms with Crippen LogP contribution in [0.1, 0.15) is 33.8 Å². The molecule has 3 rings (SSSR count). The number of amides is 1. The van der Waals surface area contributed by atoms with E-state index in [2.05, 4.69) is 10.3 Å². The summed E-state index contributed by atoms with van der Waals surface area (Å²) in [6.07, 6.45) is 4.33. The molecule has 0 radical (unpaired) electrons. The number of carbonyl (C=O) groups is 2. The van der Waals surface area contributed by atoms with Crippen LogP contribution in [-0.2, 0) is 4.79 Å². The molecule has 0 bridgehead atoms. The van der Waals surface area contributed by atoms with Crippen LogP contribution >= 0.6 is 0 Å². The van der Waals surface area contributed by atoms with E-state index in [1.165, 1.54) is 6.07 Å². The standard InChI is InChI=1S/C17H16N2O3/c1-10-7-12(4-5-13(10)17(21)22)19-16(20)15-8-14(15)11-3-2-6-18-9-11/h2-7,9,14-15H,8H2,1H3,(H,19,20)(H,21,22)/t14-,15-/m0/s1. The van der Waals surface area contributed by atoms with Crippen molar-refractivity contribution in [3.05, 3.63) is 59.4 Å². The van der Waals surface area contributed by atoms with Crippen LogP contribution in [-0.4, -0.2) is 22.0 Å². The van der Waals surface area contributed by atoms with Crippen LogP contribution in [0.25, 0.3) is 0 Å². The molecule has 0 aliphatic heterocycles. The summed E-state index contributed by atoms with van der Waals surface area (Å²) in [4.78, 5) is 27.3. The number of rotatable bonds is 4. The molecule has 1 amide bonds. The molecule has 0 spiro atoms. The van der Waals surface area contributed by atoms with E-state index in [-0.39, 0.29) is 23.3 Å². The fourth-order valence-corrected chi connectivity index (χ4v) is 2.66. The highest BCUT2D eigenvalue weighted by Gasteiger charge is 2.44. The first-order valence-electron chi connectivity index (χ1n) is 7.11. The van der Waals surface area contributed by atoms with Crippen LogP contribution in [0.3, 0.4) is 0 Å². The lowest BCUT2D eigenvalue weighted by atomic mass is 10.1. The normalized spacial score (nSPS) is 19.5. The summed E-state index contributed by atoms with van der Waals surface area (Å²) in [5.74, 6) is -0.803. The molecule has 0 unspecified atom stereocenters. The van der Waals surface area contributed by atoms with E-state index in [0.29, 0.717) is 11.3 Å². The second kappa shape index (κ2) is 5.60. The molecule has 2 atom stereocenters. The van der Waals surface area contributed by atoms with E-state index in [1.807, 2.05) is 12.1 Å². The van der Waals surface area contributed by atoms with Gasteiger partial charge in [-0.3, -0.25) is 9.78 Å². The molecule has 1 saturated carbocycles. The zero-order valence-corrected chi connectivity index (χ0v) is 12.1. The average Bonchev–Trinajstić information content (AvgIpc) is 3.28. The number of carboxylic acid groups (broad SMARTS) is 1. The molecule has 1 aromatic carbocycles. The van der Waals surface area contributed by atoms with E-state index in [1.54, 1.807) is 31.5 Å². The monoisotopic (exact) mass is 296 g/mol. The summed E-state index contributed by atoms with van der Waals surface area (Å²) >= 11 is 0. The predicted octanol–water partition coefficient (Wildman–Crippen LogP) is 2.83. The lowest BCUT2D eigenvalue weighted by Crippen LogP contribution is -2.15. The zero-order chi connectivity index (χ0) is 15.7. The Hall–Kier alpha value is -2.69. The smallest absolute Gasteiger partial charge is 0.335 e. The number of pyridine rings is 1. The van der Waals surface area contributed by atoms with Gasteiger partial charge in [-0.2, -0.15) is 0 Å². The Labute approximate surface area is 128 Å². The number of aromatic carboxylic acids is 1. The highest BCUT2D eigenvalue weighted by Crippen LogP contribution is 2.47. The first-order valence-corrected chi connectivity index (χ1v) is 7.11. The van der Waals surface area contributed by atoms with Gasteiger partial charge in [0.15, 0.2) is 0 Å². The molecule has 0 saturated heterocycles. The Balaban J connectivity index is 1.66. The van der Waals surface area contributed by atoms with Crippen LogP contribution in [0.15, 0.2) is 42.7 Å². The number of hydrogen-bond acceptors (Lipinski definition) is 3. The highest BCUT2D eigenvalue weighted by atomic mass is 16.4. The molecule has 2 aromatic rings. The van der Waals surface area contributed by atoms with Gasteiger partial charge in [0.25, 0.3) is 0 Å². The fourth-order valence-electron chi connectivity index (χ4n) is 2.66. The van der Waals surface area contributed by atoms with Crippen LogP contribution in [0.5, 0.6) is 0 Å². The number of nitrogens with one attached hydrogen (secondary N) is 1. The third kappa shape index (κ3) is 2.83. The summed E-state index contributed by atoms with van der Waals surface area (Å²) in [5, 5.41) is 11.9. The number of aromatic nitrogens is 1. The van der Waals surface area contributed by atoms with E-state index in [9.17, 15) is 9.59 Å². The van der Waals surface area contributed by atoms with Gasteiger partial charge in [-0.15, -0.1) is 0 Å². The Kier molecular flexibility index (Phi) is 3.63. The van der Waals surface area contributed by atoms with Crippen molar-refractivity contribution in [3.63, 3.8) is 0 Å². The summed E-state index contributed by atoms with van der Waals surface area (Å²) < 4.78 is 0. The minimum absolute atomic E-state index is 0.0312. The minimum atomic E-state index is -0.964. The molecule has 1 fully saturated rings. The van der Waals surface area contributed by atoms with E-state index in [4.69, 9.17) is 5.11 Å². The largest absolute Gasteiger partial charge is 0.478 e. The van der Waals surface area contributed by atoms with E-state index >= 15 is 0 Å². The van der Waals surface area contributed by atoms with E-state index in [0.717, 1.165) is 12.0 Å². The first-order chi connectivity index (χ1) is 10.6. The molecule has 1 aromatic heterocycles. The number of aryl methyl sites for hydroxylation is 1. The van der Waals surface area contributed by atoms with Crippen LogP contribution in [0.2, 0.25) is 0 Å². The maximum atomic E-state index is 12.2. The van der Waals surface area contributed by atoms with Crippen molar-refractivity contribution in [2.75, 3.05) is 5.32 Å². The van der Waals surface area contributed by atoms with Crippen molar-refractivity contribution in [3.8, 4) is 0 Å². The number of hydrogen-bond donors (Lipinski definition) is 2. The second-order valence-corrected chi connectivity index (χ2v) is 5.56. The van der Waals surface area contributed by atoms with Crippen molar-refractivity contribution in [1.82, 2.24) is 4.98 Å². The molecular weight excluding hydrogens is 280 g/mol. The maximum Gasteiger partial charge on any atom is 0.335 e. The SMILES string of the molecule is Cc1cc(NC(=O)[C@H]2C[C@H]2c2cccnc2)ccc1C(=O)O. The van der Waals surface area contributed by atoms with Crippen LogP contribution in [0, 0.1) is 12.8 Å². The summed E-state index contributed by atoms with van der Waals surface area (Å²) in [6, 6.07) is 8.67. The molecule has 1 aliphatic carbocycles. The fraction of sp³-hybridized carbons (Fsp3) is 0.235. The summed E-state index contributed by atoms with van der Waals surface area (Å²) in [7, 11) is 0. The highest BCUT2D eigenvalue weighted by molar-refractivity contribution is 5.96. The quantitative estimate of drug-likeness (QED) is 0.909. The number of benzene rings is 1. The maximum absolute atomic E-state index is 12.2. The molecule has 5 nitrogen and oxygen atoms in total. The number of anilines is 1. The third-order valence-corrected chi connectivity index (χ3v) is 3.96. The minimum Gasteiger partial charge on any atom is -0.478 e. The van der Waals surface area contributed by atoms with Gasteiger partial charge in [0.2, 0.25) is 5.91 Å². The molecule has 1 aliphatic rings. The molecule has 5 heteroatoms. The number of carboxylic acids is 1. The first kappa shape index (κ1) is 14.3. The third-order valence-electron chi connectivity index (χ3n) is 3.96. The van der Waals surface area contributed by atoms with Crippen molar-refractivity contribution in [2.24, 2.45) is 5.92 Å². The Morgan fingerprint density at radius 1 is 1.32 bits per heavy atom. The van der Waals surface area contributed by atoms with Gasteiger partial charge in [0, 0.05) is 24.0 Å². The Morgan fingerprint density at radius 3 is 2.77 bits per heavy atom. The van der Waals surface area contributed by atoms with Crippen molar-refractivity contribution >= 4 is 17.6 Å². The predicted molar refractivity (Wildman–Crippen MR) is 81.9 cm³/mol. The Morgan fingerprint density at radius 2 is 2.14 bits per heavy atom. The van der Waals surface area contributed by atoms with Crippen LogP contribution in [0.4, 0.5) is 5.69 Å². The van der Waals surface area contributed by atoms with Crippen molar-refractivity contribution in [2.45, 2.75) is 19.3 Å². The van der Waals surface area contributed by atoms with Gasteiger partial charge in [0.05, 0.1) is 5.56 Å². The van der Waals surface area contributed by atoms with Gasteiger partial charge >= 0.3 is 5.97 Å². The van der Waals surface area contributed by atoms with Crippen molar-refractivity contribution in [1.29, 1.82) is 0 Å².